The van der Waals surface area contributed by atoms with E-state index in [1.165, 1.54) is 11.1 Å². The SMILES string of the molecule is c1ccc(-c2ccc(-c3nc(-n4c5ccccc5c5ncccc54)c4ccccc4n3)cc2)cc1. The first-order valence-electron chi connectivity index (χ1n) is 11.6. The number of pyridine rings is 1. The summed E-state index contributed by atoms with van der Waals surface area (Å²) in [5.74, 6) is 1.56. The summed E-state index contributed by atoms with van der Waals surface area (Å²) in [4.78, 5) is 14.8. The molecule has 4 aromatic carbocycles. The van der Waals surface area contributed by atoms with Crippen molar-refractivity contribution >= 4 is 32.8 Å². The van der Waals surface area contributed by atoms with Gasteiger partial charge in [0.1, 0.15) is 5.82 Å². The second-order valence-electron chi connectivity index (χ2n) is 8.56. The second-order valence-corrected chi connectivity index (χ2v) is 8.56. The summed E-state index contributed by atoms with van der Waals surface area (Å²) >= 11 is 0. The third-order valence-electron chi connectivity index (χ3n) is 6.47. The Bertz CT molecular complexity index is 1780. The smallest absolute Gasteiger partial charge is 0.162 e. The number of para-hydroxylation sites is 2. The lowest BCUT2D eigenvalue weighted by Gasteiger charge is -2.12. The highest BCUT2D eigenvalue weighted by Gasteiger charge is 2.17. The zero-order chi connectivity index (χ0) is 23.2. The van der Waals surface area contributed by atoms with Gasteiger partial charge in [-0.15, -0.1) is 0 Å². The maximum absolute atomic E-state index is 5.14. The topological polar surface area (TPSA) is 43.6 Å². The molecule has 0 unspecified atom stereocenters. The molecule has 0 saturated carbocycles. The summed E-state index contributed by atoms with van der Waals surface area (Å²) in [7, 11) is 0. The molecular formula is C31H20N4. The number of hydrogen-bond acceptors (Lipinski definition) is 3. The van der Waals surface area contributed by atoms with Crippen LogP contribution in [0.1, 0.15) is 0 Å². The Morgan fingerprint density at radius 3 is 2.00 bits per heavy atom. The van der Waals surface area contributed by atoms with E-state index in [4.69, 9.17) is 15.0 Å². The van der Waals surface area contributed by atoms with Crippen molar-refractivity contribution in [3.05, 3.63) is 121 Å². The van der Waals surface area contributed by atoms with Crippen LogP contribution in [0, 0.1) is 0 Å². The van der Waals surface area contributed by atoms with Crippen LogP contribution in [0.15, 0.2) is 121 Å². The summed E-state index contributed by atoms with van der Waals surface area (Å²) in [5.41, 5.74) is 7.34. The Kier molecular flexibility index (Phi) is 4.42. The van der Waals surface area contributed by atoms with E-state index in [0.29, 0.717) is 5.82 Å². The van der Waals surface area contributed by atoms with Crippen molar-refractivity contribution in [3.63, 3.8) is 0 Å². The highest BCUT2D eigenvalue weighted by atomic mass is 15.1. The fraction of sp³-hybridized carbons (Fsp3) is 0. The fourth-order valence-electron chi connectivity index (χ4n) is 4.81. The van der Waals surface area contributed by atoms with Crippen molar-refractivity contribution in [2.45, 2.75) is 0 Å². The first-order valence-corrected chi connectivity index (χ1v) is 11.6. The van der Waals surface area contributed by atoms with Crippen LogP contribution < -0.4 is 0 Å². The van der Waals surface area contributed by atoms with Gasteiger partial charge in [-0.05, 0) is 41.5 Å². The van der Waals surface area contributed by atoms with Crippen LogP contribution in [0.4, 0.5) is 0 Å². The summed E-state index contributed by atoms with van der Waals surface area (Å²) in [6.45, 7) is 0. The molecule has 0 aliphatic rings. The first kappa shape index (κ1) is 19.6. The molecule has 7 rings (SSSR count). The minimum atomic E-state index is 0.702. The van der Waals surface area contributed by atoms with Gasteiger partial charge in [-0.3, -0.25) is 9.55 Å². The van der Waals surface area contributed by atoms with E-state index in [2.05, 4.69) is 95.6 Å². The Morgan fingerprint density at radius 1 is 0.486 bits per heavy atom. The standard InChI is InChI=1S/C31H20N4/c1-2-9-21(10-3-1)22-16-18-23(19-17-22)30-33-26-13-6-4-11-24(26)31(34-30)35-27-14-7-5-12-25(27)29-28(35)15-8-20-32-29/h1-20H. The van der Waals surface area contributed by atoms with E-state index in [-0.39, 0.29) is 0 Å². The number of aromatic nitrogens is 4. The predicted molar refractivity (Wildman–Crippen MR) is 143 cm³/mol. The van der Waals surface area contributed by atoms with E-state index in [1.54, 1.807) is 0 Å². The van der Waals surface area contributed by atoms with Crippen molar-refractivity contribution in [2.75, 3.05) is 0 Å². The second kappa shape index (κ2) is 7.89. The molecule has 35 heavy (non-hydrogen) atoms. The Balaban J connectivity index is 1.48. The van der Waals surface area contributed by atoms with Crippen molar-refractivity contribution in [3.8, 4) is 28.3 Å². The maximum atomic E-state index is 5.14. The minimum Gasteiger partial charge on any atom is -0.292 e. The van der Waals surface area contributed by atoms with E-state index in [1.807, 2.05) is 30.5 Å². The van der Waals surface area contributed by atoms with Gasteiger partial charge in [-0.25, -0.2) is 9.97 Å². The van der Waals surface area contributed by atoms with Gasteiger partial charge in [0.05, 0.1) is 22.1 Å². The molecule has 0 N–H and O–H groups in total. The number of nitrogens with zero attached hydrogens (tertiary/aromatic N) is 4. The largest absolute Gasteiger partial charge is 0.292 e. The third-order valence-corrected chi connectivity index (χ3v) is 6.47. The quantitative estimate of drug-likeness (QED) is 0.282. The Hall–Kier alpha value is -4.83. The van der Waals surface area contributed by atoms with E-state index < -0.39 is 0 Å². The molecule has 0 atom stereocenters. The number of benzene rings is 4. The molecule has 4 nitrogen and oxygen atoms in total. The fourth-order valence-corrected chi connectivity index (χ4v) is 4.81. The summed E-state index contributed by atoms with van der Waals surface area (Å²) in [6, 6.07) is 39.5. The van der Waals surface area contributed by atoms with Crippen molar-refractivity contribution < 1.29 is 0 Å². The van der Waals surface area contributed by atoms with Gasteiger partial charge >= 0.3 is 0 Å². The minimum absolute atomic E-state index is 0.702. The van der Waals surface area contributed by atoms with Gasteiger partial charge in [-0.1, -0.05) is 84.9 Å². The van der Waals surface area contributed by atoms with Gasteiger partial charge in [-0.2, -0.15) is 0 Å². The molecule has 3 aromatic heterocycles. The lowest BCUT2D eigenvalue weighted by Crippen LogP contribution is -2.02. The molecule has 0 aliphatic heterocycles. The summed E-state index contributed by atoms with van der Waals surface area (Å²) < 4.78 is 2.21. The zero-order valence-corrected chi connectivity index (χ0v) is 18.8. The van der Waals surface area contributed by atoms with Crippen LogP contribution in [0.25, 0.3) is 61.2 Å². The average Bonchev–Trinajstić information content (AvgIpc) is 3.27. The predicted octanol–water partition coefficient (Wildman–Crippen LogP) is 7.46. The van der Waals surface area contributed by atoms with Gasteiger partial charge in [0.25, 0.3) is 0 Å². The summed E-state index contributed by atoms with van der Waals surface area (Å²) in [5, 5.41) is 2.11. The Morgan fingerprint density at radius 2 is 1.14 bits per heavy atom. The monoisotopic (exact) mass is 448 g/mol. The highest BCUT2D eigenvalue weighted by Crippen LogP contribution is 2.33. The molecule has 0 aliphatic carbocycles. The molecule has 0 amide bonds. The summed E-state index contributed by atoms with van der Waals surface area (Å²) in [6.07, 6.45) is 1.84. The van der Waals surface area contributed by atoms with Gasteiger partial charge in [0, 0.05) is 22.5 Å². The lowest BCUT2D eigenvalue weighted by molar-refractivity contribution is 1.07. The molecule has 0 bridgehead atoms. The van der Waals surface area contributed by atoms with Gasteiger partial charge in [0.15, 0.2) is 5.82 Å². The maximum Gasteiger partial charge on any atom is 0.162 e. The number of fused-ring (bicyclic) bond motifs is 4. The van der Waals surface area contributed by atoms with E-state index in [0.717, 1.165) is 44.2 Å². The van der Waals surface area contributed by atoms with Crippen LogP contribution in [0.3, 0.4) is 0 Å². The molecule has 0 radical (unpaired) electrons. The van der Waals surface area contributed by atoms with Crippen molar-refractivity contribution in [1.29, 1.82) is 0 Å². The average molecular weight is 449 g/mol. The highest BCUT2D eigenvalue weighted by molar-refractivity contribution is 6.08. The zero-order valence-electron chi connectivity index (χ0n) is 18.8. The lowest BCUT2D eigenvalue weighted by atomic mass is 10.0. The normalized spacial score (nSPS) is 11.4. The molecule has 7 aromatic rings. The van der Waals surface area contributed by atoms with Crippen LogP contribution in [0.5, 0.6) is 0 Å². The van der Waals surface area contributed by atoms with Crippen LogP contribution in [0.2, 0.25) is 0 Å². The first-order chi connectivity index (χ1) is 17.4. The molecule has 3 heterocycles. The van der Waals surface area contributed by atoms with Crippen LogP contribution >= 0.6 is 0 Å². The molecule has 0 spiro atoms. The van der Waals surface area contributed by atoms with Gasteiger partial charge < -0.3 is 0 Å². The molecule has 164 valence electrons. The molecule has 4 heteroatoms. The van der Waals surface area contributed by atoms with E-state index >= 15 is 0 Å². The Labute approximate surface area is 202 Å². The van der Waals surface area contributed by atoms with Crippen LogP contribution in [-0.4, -0.2) is 19.5 Å². The number of rotatable bonds is 3. The third kappa shape index (κ3) is 3.19. The van der Waals surface area contributed by atoms with E-state index in [9.17, 15) is 0 Å². The van der Waals surface area contributed by atoms with Gasteiger partial charge in [0.2, 0.25) is 0 Å². The molecular weight excluding hydrogens is 428 g/mol. The molecule has 0 saturated heterocycles. The van der Waals surface area contributed by atoms with Crippen LogP contribution in [-0.2, 0) is 0 Å². The molecule has 0 fully saturated rings. The van der Waals surface area contributed by atoms with Crippen molar-refractivity contribution in [2.24, 2.45) is 0 Å². The van der Waals surface area contributed by atoms with Crippen molar-refractivity contribution in [1.82, 2.24) is 19.5 Å². The number of hydrogen-bond donors (Lipinski definition) is 0.